The molecule has 18 heavy (non-hydrogen) atoms. The third-order valence-electron chi connectivity index (χ3n) is 2.42. The van der Waals surface area contributed by atoms with Gasteiger partial charge in [0.15, 0.2) is 0 Å². The maximum atomic E-state index is 11.9. The van der Waals surface area contributed by atoms with E-state index in [4.69, 9.17) is 21.4 Å². The minimum absolute atomic E-state index is 0.116. The molecule has 0 heterocycles. The van der Waals surface area contributed by atoms with Gasteiger partial charge in [-0.3, -0.25) is 9.00 Å². The normalized spacial score (nSPS) is 13.9. The molecule has 0 amide bonds. The van der Waals surface area contributed by atoms with E-state index in [0.29, 0.717) is 10.8 Å². The van der Waals surface area contributed by atoms with Crippen molar-refractivity contribution >= 4 is 28.4 Å². The van der Waals surface area contributed by atoms with Gasteiger partial charge in [0, 0.05) is 27.1 Å². The van der Waals surface area contributed by atoms with Crippen molar-refractivity contribution in [2.75, 3.05) is 12.9 Å². The number of aliphatic carboxylic acids is 1. The zero-order chi connectivity index (χ0) is 13.7. The Kier molecular flexibility index (Phi) is 5.62. The highest BCUT2D eigenvalue weighted by atomic mass is 35.5. The quantitative estimate of drug-likeness (QED) is 0.873. The molecule has 0 fully saturated rings. The second kappa shape index (κ2) is 6.75. The molecule has 0 aliphatic heterocycles. The maximum absolute atomic E-state index is 11.9. The molecule has 100 valence electrons. The third kappa shape index (κ3) is 4.31. The van der Waals surface area contributed by atoms with Crippen LogP contribution in [0.15, 0.2) is 18.2 Å². The fourth-order valence-electron chi connectivity index (χ4n) is 1.44. The van der Waals surface area contributed by atoms with Gasteiger partial charge < -0.3 is 9.84 Å². The van der Waals surface area contributed by atoms with Crippen LogP contribution in [0.5, 0.6) is 5.75 Å². The van der Waals surface area contributed by atoms with Crippen molar-refractivity contribution in [3.8, 4) is 5.75 Å². The van der Waals surface area contributed by atoms with Crippen LogP contribution >= 0.6 is 11.6 Å². The van der Waals surface area contributed by atoms with Crippen molar-refractivity contribution in [3.63, 3.8) is 0 Å². The van der Waals surface area contributed by atoms with Gasteiger partial charge in [0.1, 0.15) is 5.75 Å². The van der Waals surface area contributed by atoms with Crippen LogP contribution in [0, 0.1) is 5.92 Å². The Morgan fingerprint density at radius 1 is 1.56 bits per heavy atom. The molecule has 0 saturated heterocycles. The van der Waals surface area contributed by atoms with E-state index >= 15 is 0 Å². The number of benzene rings is 1. The first-order valence-corrected chi connectivity index (χ1v) is 7.20. The van der Waals surface area contributed by atoms with Gasteiger partial charge in [0.05, 0.1) is 18.8 Å². The molecular weight excluding hydrogens is 276 g/mol. The summed E-state index contributed by atoms with van der Waals surface area (Å²) in [5.41, 5.74) is 0.723. The van der Waals surface area contributed by atoms with Crippen molar-refractivity contribution in [3.05, 3.63) is 28.8 Å². The molecule has 1 N–H and O–H groups in total. The molecule has 2 unspecified atom stereocenters. The molecule has 1 rings (SSSR count). The van der Waals surface area contributed by atoms with E-state index in [2.05, 4.69) is 0 Å². The van der Waals surface area contributed by atoms with Crippen LogP contribution in [0.1, 0.15) is 12.5 Å². The zero-order valence-electron chi connectivity index (χ0n) is 10.2. The van der Waals surface area contributed by atoms with Crippen molar-refractivity contribution < 1.29 is 18.8 Å². The van der Waals surface area contributed by atoms with Crippen molar-refractivity contribution in [1.82, 2.24) is 0 Å². The Balaban J connectivity index is 2.75. The predicted molar refractivity (Wildman–Crippen MR) is 71.5 cm³/mol. The number of carboxylic acids is 1. The van der Waals surface area contributed by atoms with Crippen LogP contribution in [0.25, 0.3) is 0 Å². The second-order valence-corrected chi connectivity index (χ2v) is 5.88. The number of hydrogen-bond donors (Lipinski definition) is 1. The molecular formula is C12H15ClO4S. The number of methoxy groups -OCH3 is 1. The summed E-state index contributed by atoms with van der Waals surface area (Å²) in [7, 11) is 0.262. The Hall–Kier alpha value is -1.07. The summed E-state index contributed by atoms with van der Waals surface area (Å²) in [6.45, 7) is 1.54. The SMILES string of the molecule is COc1ccc(Cl)cc1CS(=O)CC(C)C(=O)O. The van der Waals surface area contributed by atoms with Crippen LogP contribution in [0.4, 0.5) is 0 Å². The average Bonchev–Trinajstić information content (AvgIpc) is 2.28. The van der Waals surface area contributed by atoms with Gasteiger partial charge in [-0.25, -0.2) is 0 Å². The molecule has 0 aromatic heterocycles. The minimum atomic E-state index is -1.26. The first-order valence-electron chi connectivity index (χ1n) is 5.34. The van der Waals surface area contributed by atoms with Crippen molar-refractivity contribution in [1.29, 1.82) is 0 Å². The molecule has 4 nitrogen and oxygen atoms in total. The molecule has 2 atom stereocenters. The Labute approximate surface area is 113 Å². The van der Waals surface area contributed by atoms with E-state index in [9.17, 15) is 9.00 Å². The summed E-state index contributed by atoms with van der Waals surface area (Å²) in [6.07, 6.45) is 0. The summed E-state index contributed by atoms with van der Waals surface area (Å²) in [5, 5.41) is 9.30. The van der Waals surface area contributed by atoms with E-state index in [1.54, 1.807) is 18.2 Å². The highest BCUT2D eigenvalue weighted by molar-refractivity contribution is 7.84. The molecule has 1 aromatic rings. The van der Waals surface area contributed by atoms with Gasteiger partial charge in [-0.15, -0.1) is 0 Å². The van der Waals surface area contributed by atoms with Crippen LogP contribution in [-0.4, -0.2) is 28.1 Å². The largest absolute Gasteiger partial charge is 0.496 e. The first kappa shape index (κ1) is 15.0. The molecule has 0 spiro atoms. The standard InChI is InChI=1S/C12H15ClO4S/c1-8(12(14)15)6-18(16)7-9-5-10(13)3-4-11(9)17-2/h3-5,8H,6-7H2,1-2H3,(H,14,15). The van der Waals surface area contributed by atoms with Crippen LogP contribution in [0.3, 0.4) is 0 Å². The summed E-state index contributed by atoms with van der Waals surface area (Å²) in [5.74, 6) is -0.611. The van der Waals surface area contributed by atoms with Crippen molar-refractivity contribution in [2.24, 2.45) is 5.92 Å². The lowest BCUT2D eigenvalue weighted by Crippen LogP contribution is -2.18. The monoisotopic (exact) mass is 290 g/mol. The number of rotatable bonds is 6. The average molecular weight is 291 g/mol. The lowest BCUT2D eigenvalue weighted by Gasteiger charge is -2.10. The third-order valence-corrected chi connectivity index (χ3v) is 4.16. The zero-order valence-corrected chi connectivity index (χ0v) is 11.8. The van der Waals surface area contributed by atoms with Gasteiger partial charge in [-0.1, -0.05) is 18.5 Å². The van der Waals surface area contributed by atoms with E-state index < -0.39 is 22.7 Å². The topological polar surface area (TPSA) is 63.6 Å². The Morgan fingerprint density at radius 3 is 2.78 bits per heavy atom. The first-order chi connectivity index (χ1) is 8.43. The van der Waals surface area contributed by atoms with Gasteiger partial charge in [-0.2, -0.15) is 0 Å². The summed E-state index contributed by atoms with van der Waals surface area (Å²) < 4.78 is 17.0. The fraction of sp³-hybridized carbons (Fsp3) is 0.417. The molecule has 1 aromatic carbocycles. The summed E-state index contributed by atoms with van der Waals surface area (Å²) >= 11 is 5.86. The summed E-state index contributed by atoms with van der Waals surface area (Å²) in [4.78, 5) is 10.7. The number of ether oxygens (including phenoxy) is 1. The lowest BCUT2D eigenvalue weighted by molar-refractivity contribution is -0.140. The van der Waals surface area contributed by atoms with E-state index in [1.807, 2.05) is 0 Å². The van der Waals surface area contributed by atoms with E-state index in [1.165, 1.54) is 14.0 Å². The lowest BCUT2D eigenvalue weighted by atomic mass is 10.2. The number of carbonyl (C=O) groups is 1. The van der Waals surface area contributed by atoms with Gasteiger partial charge in [0.25, 0.3) is 0 Å². The maximum Gasteiger partial charge on any atom is 0.307 e. The van der Waals surface area contributed by atoms with E-state index in [-0.39, 0.29) is 11.5 Å². The van der Waals surface area contributed by atoms with Crippen LogP contribution in [0.2, 0.25) is 5.02 Å². The Bertz CT molecular complexity index is 461. The Morgan fingerprint density at radius 2 is 2.22 bits per heavy atom. The molecule has 0 aliphatic rings. The van der Waals surface area contributed by atoms with Crippen molar-refractivity contribution in [2.45, 2.75) is 12.7 Å². The second-order valence-electron chi connectivity index (χ2n) is 3.95. The number of halogens is 1. The summed E-state index contributed by atoms with van der Waals surface area (Å²) in [6, 6.07) is 5.08. The highest BCUT2D eigenvalue weighted by Gasteiger charge is 2.16. The van der Waals surface area contributed by atoms with Gasteiger partial charge in [0.2, 0.25) is 0 Å². The van der Waals surface area contributed by atoms with Crippen LogP contribution in [-0.2, 0) is 21.3 Å². The van der Waals surface area contributed by atoms with Gasteiger partial charge >= 0.3 is 5.97 Å². The molecule has 6 heteroatoms. The fourth-order valence-corrected chi connectivity index (χ4v) is 3.03. The molecule has 0 bridgehead atoms. The van der Waals surface area contributed by atoms with E-state index in [0.717, 1.165) is 5.56 Å². The smallest absolute Gasteiger partial charge is 0.307 e. The van der Waals surface area contributed by atoms with Crippen LogP contribution < -0.4 is 4.74 Å². The molecule has 0 radical (unpaired) electrons. The highest BCUT2D eigenvalue weighted by Crippen LogP contribution is 2.24. The minimum Gasteiger partial charge on any atom is -0.496 e. The molecule has 0 aliphatic carbocycles. The number of carboxylic acid groups (broad SMARTS) is 1. The van der Waals surface area contributed by atoms with Gasteiger partial charge in [-0.05, 0) is 18.2 Å². The number of hydrogen-bond acceptors (Lipinski definition) is 3. The predicted octanol–water partition coefficient (Wildman–Crippen LogP) is 2.32. The molecule has 0 saturated carbocycles.